The molecule has 0 heterocycles. The molecule has 0 fully saturated rings. The summed E-state index contributed by atoms with van der Waals surface area (Å²) in [5.41, 5.74) is 0. The molecule has 1 atom stereocenters. The largest absolute Gasteiger partial charge is 0.316 e. The predicted octanol–water partition coefficient (Wildman–Crippen LogP) is 3.41. The van der Waals surface area contributed by atoms with Crippen molar-refractivity contribution in [1.29, 1.82) is 0 Å². The van der Waals surface area contributed by atoms with Crippen LogP contribution in [0.4, 0.5) is 0 Å². The quantitative estimate of drug-likeness (QED) is 0.742. The van der Waals surface area contributed by atoms with Crippen molar-refractivity contribution in [2.75, 3.05) is 12.8 Å². The molecule has 0 spiro atoms. The number of benzene rings is 1. The Hall–Kier alpha value is -0.470. The Morgan fingerprint density at radius 2 is 1.87 bits per heavy atom. The van der Waals surface area contributed by atoms with E-state index in [0.29, 0.717) is 6.04 Å². The van der Waals surface area contributed by atoms with Crippen LogP contribution in [-0.2, 0) is 0 Å². The molecule has 1 aromatic carbocycles. The maximum Gasteiger partial charge on any atom is 0.0161 e. The van der Waals surface area contributed by atoms with Gasteiger partial charge in [-0.05, 0) is 31.5 Å². The molecule has 0 aromatic heterocycles. The number of thioether (sulfide) groups is 1. The molecule has 84 valence electrons. The summed E-state index contributed by atoms with van der Waals surface area (Å²) in [7, 11) is 2.05. The Bertz CT molecular complexity index is 258. The molecular formula is C13H21NS. The molecule has 0 bridgehead atoms. The van der Waals surface area contributed by atoms with E-state index in [9.17, 15) is 0 Å². The van der Waals surface area contributed by atoms with E-state index >= 15 is 0 Å². The smallest absolute Gasteiger partial charge is 0.0161 e. The van der Waals surface area contributed by atoms with Gasteiger partial charge in [-0.25, -0.2) is 0 Å². The number of hydrogen-bond acceptors (Lipinski definition) is 2. The first-order chi connectivity index (χ1) is 7.22. The second kappa shape index (κ2) is 6.91. The van der Waals surface area contributed by atoms with Crippen LogP contribution in [-0.4, -0.2) is 18.8 Å². The van der Waals surface area contributed by atoms with E-state index in [1.165, 1.54) is 11.3 Å². The standard InChI is InChI=1S/C13H21NS/c1-11(2)9-12(14-3)10-15-13-7-5-4-6-8-13/h4-8,11-12,14H,9-10H2,1-3H3. The van der Waals surface area contributed by atoms with Gasteiger partial charge in [0.05, 0.1) is 0 Å². The highest BCUT2D eigenvalue weighted by atomic mass is 32.2. The lowest BCUT2D eigenvalue weighted by Crippen LogP contribution is -2.29. The molecule has 0 radical (unpaired) electrons. The zero-order valence-corrected chi connectivity index (χ0v) is 10.7. The zero-order chi connectivity index (χ0) is 11.1. The Labute approximate surface area is 97.7 Å². The molecule has 0 saturated heterocycles. The molecule has 0 aliphatic rings. The highest BCUT2D eigenvalue weighted by Gasteiger charge is 2.08. The summed E-state index contributed by atoms with van der Waals surface area (Å²) < 4.78 is 0. The van der Waals surface area contributed by atoms with Crippen LogP contribution < -0.4 is 5.32 Å². The predicted molar refractivity (Wildman–Crippen MR) is 69.5 cm³/mol. The Balaban J connectivity index is 2.34. The summed E-state index contributed by atoms with van der Waals surface area (Å²) in [6.07, 6.45) is 1.25. The third-order valence-corrected chi connectivity index (χ3v) is 3.53. The van der Waals surface area contributed by atoms with Gasteiger partial charge in [0, 0.05) is 16.7 Å². The second-order valence-electron chi connectivity index (χ2n) is 4.24. The van der Waals surface area contributed by atoms with E-state index in [1.54, 1.807) is 0 Å². The van der Waals surface area contributed by atoms with Gasteiger partial charge in [-0.1, -0.05) is 32.0 Å². The maximum atomic E-state index is 3.38. The minimum absolute atomic E-state index is 0.621. The number of rotatable bonds is 6. The van der Waals surface area contributed by atoms with Gasteiger partial charge in [0.1, 0.15) is 0 Å². The monoisotopic (exact) mass is 223 g/mol. The van der Waals surface area contributed by atoms with Crippen molar-refractivity contribution in [2.45, 2.75) is 31.2 Å². The zero-order valence-electron chi connectivity index (χ0n) is 9.86. The van der Waals surface area contributed by atoms with E-state index < -0.39 is 0 Å². The lowest BCUT2D eigenvalue weighted by molar-refractivity contribution is 0.474. The summed E-state index contributed by atoms with van der Waals surface area (Å²) >= 11 is 1.93. The molecule has 0 saturated carbocycles. The van der Waals surface area contributed by atoms with E-state index in [2.05, 4.69) is 56.5 Å². The highest BCUT2D eigenvalue weighted by molar-refractivity contribution is 7.99. The molecule has 0 aliphatic carbocycles. The summed E-state index contributed by atoms with van der Waals surface area (Å²) in [6, 6.07) is 11.2. The first-order valence-corrected chi connectivity index (χ1v) is 6.56. The number of nitrogens with one attached hydrogen (secondary N) is 1. The molecule has 1 aromatic rings. The molecule has 1 nitrogen and oxygen atoms in total. The topological polar surface area (TPSA) is 12.0 Å². The van der Waals surface area contributed by atoms with E-state index in [4.69, 9.17) is 0 Å². The summed E-state index contributed by atoms with van der Waals surface area (Å²) in [5.74, 6) is 1.91. The van der Waals surface area contributed by atoms with Crippen molar-refractivity contribution in [3.05, 3.63) is 30.3 Å². The van der Waals surface area contributed by atoms with Gasteiger partial charge in [-0.2, -0.15) is 0 Å². The van der Waals surface area contributed by atoms with Crippen LogP contribution in [0, 0.1) is 5.92 Å². The Kier molecular flexibility index (Phi) is 5.81. The van der Waals surface area contributed by atoms with Crippen LogP contribution in [0.3, 0.4) is 0 Å². The van der Waals surface area contributed by atoms with Crippen molar-refractivity contribution in [1.82, 2.24) is 5.32 Å². The molecule has 1 rings (SSSR count). The maximum absolute atomic E-state index is 3.38. The molecule has 2 heteroatoms. The van der Waals surface area contributed by atoms with Crippen LogP contribution in [0.25, 0.3) is 0 Å². The van der Waals surface area contributed by atoms with Gasteiger partial charge < -0.3 is 5.32 Å². The van der Waals surface area contributed by atoms with E-state index in [0.717, 1.165) is 11.7 Å². The molecule has 0 amide bonds. The average Bonchev–Trinajstić information content (AvgIpc) is 2.25. The van der Waals surface area contributed by atoms with E-state index in [-0.39, 0.29) is 0 Å². The van der Waals surface area contributed by atoms with Crippen LogP contribution >= 0.6 is 11.8 Å². The average molecular weight is 223 g/mol. The number of hydrogen-bond donors (Lipinski definition) is 1. The van der Waals surface area contributed by atoms with Crippen LogP contribution in [0.1, 0.15) is 20.3 Å². The van der Waals surface area contributed by atoms with Crippen molar-refractivity contribution in [3.63, 3.8) is 0 Å². The first-order valence-electron chi connectivity index (χ1n) is 5.57. The summed E-state index contributed by atoms with van der Waals surface area (Å²) in [5, 5.41) is 3.38. The fourth-order valence-corrected chi connectivity index (χ4v) is 2.60. The lowest BCUT2D eigenvalue weighted by atomic mass is 10.1. The van der Waals surface area contributed by atoms with Gasteiger partial charge in [0.25, 0.3) is 0 Å². The Morgan fingerprint density at radius 1 is 1.20 bits per heavy atom. The molecule has 1 unspecified atom stereocenters. The first kappa shape index (κ1) is 12.6. The van der Waals surface area contributed by atoms with Gasteiger partial charge in [0.2, 0.25) is 0 Å². The SMILES string of the molecule is CNC(CSc1ccccc1)CC(C)C. The lowest BCUT2D eigenvalue weighted by Gasteiger charge is -2.17. The van der Waals surface area contributed by atoms with Gasteiger partial charge in [-0.15, -0.1) is 11.8 Å². The summed E-state index contributed by atoms with van der Waals surface area (Å²) in [6.45, 7) is 4.55. The molecular weight excluding hydrogens is 202 g/mol. The molecule has 15 heavy (non-hydrogen) atoms. The van der Waals surface area contributed by atoms with Gasteiger partial charge >= 0.3 is 0 Å². The highest BCUT2D eigenvalue weighted by Crippen LogP contribution is 2.19. The van der Waals surface area contributed by atoms with Crippen molar-refractivity contribution in [3.8, 4) is 0 Å². The normalized spacial score (nSPS) is 13.1. The Morgan fingerprint density at radius 3 is 2.40 bits per heavy atom. The fraction of sp³-hybridized carbons (Fsp3) is 0.538. The van der Waals surface area contributed by atoms with Crippen LogP contribution in [0.15, 0.2) is 35.2 Å². The van der Waals surface area contributed by atoms with E-state index in [1.807, 2.05) is 11.8 Å². The third-order valence-electron chi connectivity index (χ3n) is 2.36. The summed E-state index contributed by atoms with van der Waals surface area (Å²) in [4.78, 5) is 1.36. The van der Waals surface area contributed by atoms with Crippen molar-refractivity contribution < 1.29 is 0 Å². The third kappa shape index (κ3) is 5.24. The second-order valence-corrected chi connectivity index (χ2v) is 5.33. The minimum atomic E-state index is 0.621. The minimum Gasteiger partial charge on any atom is -0.316 e. The molecule has 0 aliphatic heterocycles. The van der Waals surface area contributed by atoms with Gasteiger partial charge in [0.15, 0.2) is 0 Å². The van der Waals surface area contributed by atoms with Crippen LogP contribution in [0.5, 0.6) is 0 Å². The van der Waals surface area contributed by atoms with Crippen molar-refractivity contribution in [2.24, 2.45) is 5.92 Å². The van der Waals surface area contributed by atoms with Crippen molar-refractivity contribution >= 4 is 11.8 Å². The fourth-order valence-electron chi connectivity index (χ4n) is 1.55. The van der Waals surface area contributed by atoms with Gasteiger partial charge in [-0.3, -0.25) is 0 Å². The van der Waals surface area contributed by atoms with Crippen LogP contribution in [0.2, 0.25) is 0 Å². The molecule has 1 N–H and O–H groups in total.